The molecule has 0 spiro atoms. The first-order chi connectivity index (χ1) is 17.4. The van der Waals surface area contributed by atoms with E-state index in [1.807, 2.05) is 12.1 Å². The molecule has 2 N–H and O–H groups in total. The number of fused-ring (bicyclic) bond motifs is 1. The molecule has 36 heavy (non-hydrogen) atoms. The summed E-state index contributed by atoms with van der Waals surface area (Å²) in [6.45, 7) is 3.86. The third-order valence-electron chi connectivity index (χ3n) is 7.87. The van der Waals surface area contributed by atoms with Crippen molar-refractivity contribution in [2.24, 2.45) is 11.7 Å². The summed E-state index contributed by atoms with van der Waals surface area (Å²) >= 11 is 0. The van der Waals surface area contributed by atoms with E-state index < -0.39 is 0 Å². The van der Waals surface area contributed by atoms with Gasteiger partial charge in [-0.25, -0.2) is 4.39 Å². The van der Waals surface area contributed by atoms with Crippen molar-refractivity contribution in [3.8, 4) is 0 Å². The Balaban J connectivity index is 1.42. The van der Waals surface area contributed by atoms with Crippen molar-refractivity contribution < 1.29 is 13.9 Å². The fourth-order valence-corrected chi connectivity index (χ4v) is 6.10. The molecule has 1 saturated carbocycles. The van der Waals surface area contributed by atoms with E-state index in [1.165, 1.54) is 6.07 Å². The van der Waals surface area contributed by atoms with Gasteiger partial charge in [-0.05, 0) is 79.3 Å². The van der Waals surface area contributed by atoms with Gasteiger partial charge in [-0.2, -0.15) is 0 Å². The molecule has 7 heteroatoms. The van der Waals surface area contributed by atoms with E-state index in [1.54, 1.807) is 31.8 Å². The first-order valence-corrected chi connectivity index (χ1v) is 13.0. The number of nitrogens with two attached hydrogens (primary N) is 1. The minimum absolute atomic E-state index is 0.0833. The standard InChI is InChI=1S/C29H35FN4O2/c1-18-10-19(12-21(31)11-18)24-7-8-32-15-20(24)13-28(35)25-5-6-27(30)26-14-22(16-33-29(25)26)34-9-3-4-23(17-34)36-2/h5-8,14-16,18-19,21,23H,3-4,9-13,17,31H2,1-2H3/t18-,19+,21-,23-/m0/s1. The predicted molar refractivity (Wildman–Crippen MR) is 140 cm³/mol. The maximum absolute atomic E-state index is 14.9. The van der Waals surface area contributed by atoms with Crippen molar-refractivity contribution in [3.05, 3.63) is 65.4 Å². The molecule has 0 amide bonds. The zero-order chi connectivity index (χ0) is 25.2. The van der Waals surface area contributed by atoms with Crippen LogP contribution in [-0.4, -0.2) is 48.1 Å². The van der Waals surface area contributed by atoms with Crippen LogP contribution in [0.4, 0.5) is 10.1 Å². The third kappa shape index (κ3) is 5.13. The van der Waals surface area contributed by atoms with Crippen LogP contribution in [0.1, 0.15) is 66.4 Å². The highest BCUT2D eigenvalue weighted by Gasteiger charge is 2.28. The van der Waals surface area contributed by atoms with Gasteiger partial charge in [0.15, 0.2) is 5.78 Å². The van der Waals surface area contributed by atoms with Gasteiger partial charge in [-0.15, -0.1) is 0 Å². The summed E-state index contributed by atoms with van der Waals surface area (Å²) in [7, 11) is 1.72. The van der Waals surface area contributed by atoms with E-state index in [4.69, 9.17) is 10.5 Å². The van der Waals surface area contributed by atoms with Gasteiger partial charge in [-0.1, -0.05) is 6.92 Å². The first-order valence-electron chi connectivity index (χ1n) is 13.0. The second-order valence-corrected chi connectivity index (χ2v) is 10.6. The normalized spacial score (nSPS) is 24.7. The van der Waals surface area contributed by atoms with Crippen LogP contribution < -0.4 is 10.6 Å². The topological polar surface area (TPSA) is 81.3 Å². The highest BCUT2D eigenvalue weighted by molar-refractivity contribution is 6.08. The summed E-state index contributed by atoms with van der Waals surface area (Å²) in [6.07, 6.45) is 10.7. The number of pyridine rings is 2. The van der Waals surface area contributed by atoms with E-state index in [0.717, 1.165) is 62.0 Å². The number of ketones is 1. The van der Waals surface area contributed by atoms with Gasteiger partial charge in [0.25, 0.3) is 0 Å². The molecule has 190 valence electrons. The molecule has 2 fully saturated rings. The Morgan fingerprint density at radius 1 is 1.22 bits per heavy atom. The SMILES string of the molecule is CO[C@H]1CCCN(c2cnc3c(C(=O)Cc4cnccc4[C@@H]4C[C@H](C)C[C@H](N)C4)ccc(F)c3c2)C1. The van der Waals surface area contributed by atoms with Gasteiger partial charge < -0.3 is 15.4 Å². The predicted octanol–water partition coefficient (Wildman–Crippen LogP) is 5.04. The lowest BCUT2D eigenvalue weighted by molar-refractivity contribution is 0.0893. The Hall–Kier alpha value is -2.90. The fraction of sp³-hybridized carbons (Fsp3) is 0.483. The Labute approximate surface area is 212 Å². The summed E-state index contributed by atoms with van der Waals surface area (Å²) in [4.78, 5) is 24.6. The number of ether oxygens (including phenoxy) is 1. The van der Waals surface area contributed by atoms with Crippen LogP contribution in [-0.2, 0) is 11.2 Å². The maximum atomic E-state index is 14.9. The molecule has 2 aliphatic rings. The maximum Gasteiger partial charge on any atom is 0.169 e. The summed E-state index contributed by atoms with van der Waals surface area (Å²) in [5.74, 6) is 0.415. The first kappa shape index (κ1) is 24.8. The summed E-state index contributed by atoms with van der Waals surface area (Å²) in [5, 5.41) is 0.372. The van der Waals surface area contributed by atoms with Gasteiger partial charge in [0, 0.05) is 56.0 Å². The Morgan fingerprint density at radius 3 is 2.89 bits per heavy atom. The number of nitrogens with zero attached hydrogens (tertiary/aromatic N) is 3. The number of benzene rings is 1. The lowest BCUT2D eigenvalue weighted by Crippen LogP contribution is -2.39. The Kier molecular flexibility index (Phi) is 7.30. The highest BCUT2D eigenvalue weighted by atomic mass is 19.1. The number of piperidine rings is 1. The van der Waals surface area contributed by atoms with Gasteiger partial charge >= 0.3 is 0 Å². The zero-order valence-corrected chi connectivity index (χ0v) is 21.1. The van der Waals surface area contributed by atoms with Crippen molar-refractivity contribution in [2.45, 2.75) is 63.5 Å². The average molecular weight is 491 g/mol. The number of hydrogen-bond donors (Lipinski definition) is 1. The molecule has 0 radical (unpaired) electrons. The molecule has 0 unspecified atom stereocenters. The molecule has 1 aromatic carbocycles. The van der Waals surface area contributed by atoms with Crippen molar-refractivity contribution in [1.82, 2.24) is 9.97 Å². The van der Waals surface area contributed by atoms with E-state index >= 15 is 0 Å². The van der Waals surface area contributed by atoms with Crippen molar-refractivity contribution >= 4 is 22.4 Å². The number of carbonyl (C=O) groups is 1. The number of methoxy groups -OCH3 is 1. The van der Waals surface area contributed by atoms with Crippen LogP contribution in [0.15, 0.2) is 42.9 Å². The second kappa shape index (κ2) is 10.6. The van der Waals surface area contributed by atoms with Gasteiger partial charge in [0.2, 0.25) is 0 Å². The molecule has 5 rings (SSSR count). The Bertz CT molecular complexity index is 1240. The van der Waals surface area contributed by atoms with Gasteiger partial charge in [-0.3, -0.25) is 14.8 Å². The van der Waals surface area contributed by atoms with Crippen LogP contribution >= 0.6 is 0 Å². The highest BCUT2D eigenvalue weighted by Crippen LogP contribution is 2.37. The molecule has 3 heterocycles. The second-order valence-electron chi connectivity index (χ2n) is 10.6. The van der Waals surface area contributed by atoms with E-state index in [9.17, 15) is 9.18 Å². The average Bonchev–Trinajstić information content (AvgIpc) is 2.88. The smallest absolute Gasteiger partial charge is 0.169 e. The quantitative estimate of drug-likeness (QED) is 0.488. The van der Waals surface area contributed by atoms with E-state index in [0.29, 0.717) is 28.3 Å². The van der Waals surface area contributed by atoms with Crippen molar-refractivity contribution in [1.29, 1.82) is 0 Å². The molecule has 2 aromatic heterocycles. The number of hydrogen-bond acceptors (Lipinski definition) is 6. The van der Waals surface area contributed by atoms with Crippen LogP contribution in [0.25, 0.3) is 10.9 Å². The molecular weight excluding hydrogens is 455 g/mol. The largest absolute Gasteiger partial charge is 0.380 e. The summed E-state index contributed by atoms with van der Waals surface area (Å²) in [6, 6.07) is 6.95. The number of anilines is 1. The lowest BCUT2D eigenvalue weighted by Gasteiger charge is -2.33. The molecule has 1 aliphatic heterocycles. The van der Waals surface area contributed by atoms with Gasteiger partial charge in [0.1, 0.15) is 5.82 Å². The zero-order valence-electron chi connectivity index (χ0n) is 21.1. The number of Topliss-reactive ketones (excluding diaryl/α,β-unsaturated/α-hetero) is 1. The summed E-state index contributed by atoms with van der Waals surface area (Å²) < 4.78 is 20.4. The number of aromatic nitrogens is 2. The van der Waals surface area contributed by atoms with Gasteiger partial charge in [0.05, 0.1) is 23.5 Å². The van der Waals surface area contributed by atoms with Crippen LogP contribution in [0.3, 0.4) is 0 Å². The molecular formula is C29H35FN4O2. The number of halogens is 1. The molecule has 1 aliphatic carbocycles. The fourth-order valence-electron chi connectivity index (χ4n) is 6.10. The third-order valence-corrected chi connectivity index (χ3v) is 7.87. The van der Waals surface area contributed by atoms with Crippen molar-refractivity contribution in [2.75, 3.05) is 25.1 Å². The molecule has 1 saturated heterocycles. The summed E-state index contributed by atoms with van der Waals surface area (Å²) in [5.41, 5.74) is 10.1. The molecule has 3 aromatic rings. The molecule has 0 bridgehead atoms. The number of carbonyl (C=O) groups excluding carboxylic acids is 1. The number of rotatable bonds is 6. The van der Waals surface area contributed by atoms with Crippen molar-refractivity contribution in [3.63, 3.8) is 0 Å². The Morgan fingerprint density at radius 2 is 2.08 bits per heavy atom. The molecule has 6 nitrogen and oxygen atoms in total. The van der Waals surface area contributed by atoms with E-state index in [-0.39, 0.29) is 30.2 Å². The van der Waals surface area contributed by atoms with Crippen LogP contribution in [0.5, 0.6) is 0 Å². The van der Waals surface area contributed by atoms with Crippen LogP contribution in [0.2, 0.25) is 0 Å². The minimum Gasteiger partial charge on any atom is -0.380 e. The van der Waals surface area contributed by atoms with E-state index in [2.05, 4.69) is 21.8 Å². The monoisotopic (exact) mass is 490 g/mol. The minimum atomic E-state index is -0.372. The molecule has 4 atom stereocenters. The van der Waals surface area contributed by atoms with Crippen LogP contribution in [0, 0.1) is 11.7 Å². The lowest BCUT2D eigenvalue weighted by atomic mass is 9.75.